The standard InChI is InChI=1S/C26H21Cl2NO2/c1-16-4-2-5-17(12-16)26(18-6-3-7-19(27)13-18)15-21(30)10-11-25(26)22-9-8-20(28)14-23(22)29-24(25)31/h2-9,12-14H,10-11,15H2,1H3,(H,29,31)/t25-,26-/m0/s1. The Morgan fingerprint density at radius 1 is 0.839 bits per heavy atom. The molecule has 1 amide bonds. The SMILES string of the molecule is Cc1cccc([C@]2(c3cccc(Cl)c3)CC(=O)CC[C@]23C(=O)Nc2cc(Cl)ccc23)c1. The Bertz CT molecular complexity index is 1190. The van der Waals surface area contributed by atoms with Crippen LogP contribution in [0.3, 0.4) is 0 Å². The second kappa shape index (κ2) is 7.22. The summed E-state index contributed by atoms with van der Waals surface area (Å²) in [5, 5.41) is 4.21. The van der Waals surface area contributed by atoms with Crippen LogP contribution < -0.4 is 5.32 Å². The number of benzene rings is 3. The van der Waals surface area contributed by atoms with Crippen LogP contribution >= 0.6 is 23.2 Å². The Morgan fingerprint density at radius 3 is 2.29 bits per heavy atom. The number of aryl methyl sites for hydroxylation is 1. The summed E-state index contributed by atoms with van der Waals surface area (Å²) in [6, 6.07) is 21.2. The number of fused-ring (bicyclic) bond motifs is 2. The lowest BCUT2D eigenvalue weighted by atomic mass is 9.48. The van der Waals surface area contributed by atoms with Crippen molar-refractivity contribution in [2.75, 3.05) is 5.32 Å². The van der Waals surface area contributed by atoms with Crippen LogP contribution in [0.2, 0.25) is 10.0 Å². The topological polar surface area (TPSA) is 46.2 Å². The van der Waals surface area contributed by atoms with E-state index in [9.17, 15) is 9.59 Å². The van der Waals surface area contributed by atoms with Crippen LogP contribution in [0.25, 0.3) is 0 Å². The highest BCUT2D eigenvalue weighted by molar-refractivity contribution is 6.31. The van der Waals surface area contributed by atoms with Gasteiger partial charge in [-0.15, -0.1) is 0 Å². The van der Waals surface area contributed by atoms with Gasteiger partial charge in [-0.2, -0.15) is 0 Å². The van der Waals surface area contributed by atoms with Crippen molar-refractivity contribution in [2.45, 2.75) is 37.0 Å². The van der Waals surface area contributed by atoms with Gasteiger partial charge in [-0.05, 0) is 54.3 Å². The van der Waals surface area contributed by atoms with Gasteiger partial charge >= 0.3 is 0 Å². The summed E-state index contributed by atoms with van der Waals surface area (Å²) >= 11 is 12.7. The molecular formula is C26H21Cl2NO2. The van der Waals surface area contributed by atoms with Gasteiger partial charge in [0.1, 0.15) is 5.78 Å². The molecule has 0 saturated heterocycles. The maximum atomic E-state index is 13.9. The fourth-order valence-corrected chi connectivity index (χ4v) is 5.98. The number of rotatable bonds is 2. The van der Waals surface area contributed by atoms with Crippen molar-refractivity contribution in [3.05, 3.63) is 99.0 Å². The zero-order chi connectivity index (χ0) is 21.8. The van der Waals surface area contributed by atoms with Crippen molar-refractivity contribution in [3.8, 4) is 0 Å². The second-order valence-electron chi connectivity index (χ2n) is 8.55. The van der Waals surface area contributed by atoms with E-state index in [1.54, 1.807) is 6.07 Å². The molecule has 2 atom stereocenters. The number of hydrogen-bond donors (Lipinski definition) is 1. The molecule has 5 heteroatoms. The van der Waals surface area contributed by atoms with Crippen molar-refractivity contribution in [2.24, 2.45) is 0 Å². The molecule has 1 N–H and O–H groups in total. The van der Waals surface area contributed by atoms with E-state index in [2.05, 4.69) is 11.4 Å². The number of anilines is 1. The maximum Gasteiger partial charge on any atom is 0.236 e. The second-order valence-corrected chi connectivity index (χ2v) is 9.42. The van der Waals surface area contributed by atoms with Crippen LogP contribution in [0.15, 0.2) is 66.7 Å². The third-order valence-corrected chi connectivity index (χ3v) is 7.35. The Labute approximate surface area is 191 Å². The number of carbonyl (C=O) groups is 2. The molecule has 3 aromatic rings. The minimum Gasteiger partial charge on any atom is -0.325 e. The quantitative estimate of drug-likeness (QED) is 0.503. The van der Waals surface area contributed by atoms with Crippen molar-refractivity contribution >= 4 is 40.6 Å². The number of hydrogen-bond acceptors (Lipinski definition) is 2. The first-order chi connectivity index (χ1) is 14.9. The number of carbonyl (C=O) groups excluding carboxylic acids is 2. The first-order valence-corrected chi connectivity index (χ1v) is 11.1. The number of nitrogens with one attached hydrogen (secondary N) is 1. The summed E-state index contributed by atoms with van der Waals surface area (Å²) < 4.78 is 0. The Morgan fingerprint density at radius 2 is 1.55 bits per heavy atom. The fourth-order valence-electron chi connectivity index (χ4n) is 5.62. The lowest BCUT2D eigenvalue weighted by molar-refractivity contribution is -0.130. The van der Waals surface area contributed by atoms with Crippen LogP contribution in [0, 0.1) is 6.92 Å². The van der Waals surface area contributed by atoms with Crippen LogP contribution in [0.1, 0.15) is 41.5 Å². The van der Waals surface area contributed by atoms with E-state index in [1.165, 1.54) is 0 Å². The van der Waals surface area contributed by atoms with E-state index in [-0.39, 0.29) is 18.1 Å². The number of ketones is 1. The number of halogens is 2. The summed E-state index contributed by atoms with van der Waals surface area (Å²) in [6.07, 6.45) is 1.00. The fraction of sp³-hybridized carbons (Fsp3) is 0.231. The van der Waals surface area contributed by atoms with Crippen molar-refractivity contribution < 1.29 is 9.59 Å². The number of amides is 1. The van der Waals surface area contributed by atoms with Crippen molar-refractivity contribution in [1.29, 1.82) is 0 Å². The summed E-state index contributed by atoms with van der Waals surface area (Å²) in [7, 11) is 0. The highest BCUT2D eigenvalue weighted by Crippen LogP contribution is 2.60. The molecule has 0 radical (unpaired) electrons. The van der Waals surface area contributed by atoms with Crippen LogP contribution in [-0.2, 0) is 20.4 Å². The van der Waals surface area contributed by atoms with Gasteiger partial charge < -0.3 is 5.32 Å². The molecule has 156 valence electrons. The third kappa shape index (κ3) is 2.87. The third-order valence-electron chi connectivity index (χ3n) is 6.88. The number of Topliss-reactive ketones (excluding diaryl/α,β-unsaturated/α-hetero) is 1. The molecular weight excluding hydrogens is 429 g/mol. The normalized spacial score (nSPS) is 24.9. The molecule has 1 saturated carbocycles. The average Bonchev–Trinajstić information content (AvgIpc) is 3.01. The van der Waals surface area contributed by atoms with Crippen LogP contribution in [-0.4, -0.2) is 11.7 Å². The van der Waals surface area contributed by atoms with E-state index < -0.39 is 10.8 Å². The maximum absolute atomic E-state index is 13.9. The highest BCUT2D eigenvalue weighted by Gasteiger charge is 2.64. The lowest BCUT2D eigenvalue weighted by Gasteiger charge is -2.51. The molecule has 2 aliphatic rings. The van der Waals surface area contributed by atoms with Gasteiger partial charge in [-0.25, -0.2) is 0 Å². The molecule has 0 bridgehead atoms. The smallest absolute Gasteiger partial charge is 0.236 e. The zero-order valence-electron chi connectivity index (χ0n) is 17.0. The predicted octanol–water partition coefficient (Wildman–Crippen LogP) is 6.23. The van der Waals surface area contributed by atoms with E-state index in [1.807, 2.05) is 61.5 Å². The van der Waals surface area contributed by atoms with Gasteiger partial charge in [0.05, 0.1) is 5.41 Å². The van der Waals surface area contributed by atoms with E-state index in [0.717, 1.165) is 22.3 Å². The molecule has 1 heterocycles. The molecule has 31 heavy (non-hydrogen) atoms. The van der Waals surface area contributed by atoms with E-state index in [4.69, 9.17) is 23.2 Å². The monoisotopic (exact) mass is 449 g/mol. The van der Waals surface area contributed by atoms with Gasteiger partial charge in [0.25, 0.3) is 0 Å². The summed E-state index contributed by atoms with van der Waals surface area (Å²) in [5.74, 6) is 0.0427. The minimum atomic E-state index is -0.945. The van der Waals surface area contributed by atoms with Crippen molar-refractivity contribution in [1.82, 2.24) is 0 Å². The summed E-state index contributed by atoms with van der Waals surface area (Å²) in [6.45, 7) is 2.02. The lowest BCUT2D eigenvalue weighted by Crippen LogP contribution is -2.58. The van der Waals surface area contributed by atoms with Gasteiger partial charge in [0.2, 0.25) is 5.91 Å². The molecule has 3 aromatic carbocycles. The molecule has 1 aliphatic carbocycles. The molecule has 1 spiro atoms. The van der Waals surface area contributed by atoms with Crippen molar-refractivity contribution in [3.63, 3.8) is 0 Å². The van der Waals surface area contributed by atoms with Gasteiger partial charge in [-0.1, -0.05) is 71.2 Å². The Balaban J connectivity index is 1.92. The predicted molar refractivity (Wildman–Crippen MR) is 124 cm³/mol. The van der Waals surface area contributed by atoms with E-state index >= 15 is 0 Å². The highest BCUT2D eigenvalue weighted by atomic mass is 35.5. The minimum absolute atomic E-state index is 0.0984. The molecule has 5 rings (SSSR count). The zero-order valence-corrected chi connectivity index (χ0v) is 18.6. The summed E-state index contributed by atoms with van der Waals surface area (Å²) in [5.41, 5.74) is 2.66. The summed E-state index contributed by atoms with van der Waals surface area (Å²) in [4.78, 5) is 26.9. The molecule has 1 fully saturated rings. The van der Waals surface area contributed by atoms with Gasteiger partial charge in [0.15, 0.2) is 0 Å². The van der Waals surface area contributed by atoms with Crippen LogP contribution in [0.5, 0.6) is 0 Å². The van der Waals surface area contributed by atoms with Gasteiger partial charge in [-0.3, -0.25) is 9.59 Å². The average molecular weight is 450 g/mol. The Kier molecular flexibility index (Phi) is 4.72. The van der Waals surface area contributed by atoms with Crippen LogP contribution in [0.4, 0.5) is 5.69 Å². The Hall–Kier alpha value is -2.62. The first kappa shape index (κ1) is 20.3. The largest absolute Gasteiger partial charge is 0.325 e. The van der Waals surface area contributed by atoms with E-state index in [0.29, 0.717) is 28.6 Å². The first-order valence-electron chi connectivity index (χ1n) is 10.3. The molecule has 3 nitrogen and oxygen atoms in total. The molecule has 0 unspecified atom stereocenters. The molecule has 0 aromatic heterocycles. The van der Waals surface area contributed by atoms with Gasteiger partial charge in [0, 0.05) is 34.0 Å². The molecule has 1 aliphatic heterocycles.